The van der Waals surface area contributed by atoms with Gasteiger partial charge in [-0.1, -0.05) is 64.6 Å². The molecule has 4 heteroatoms. The van der Waals surface area contributed by atoms with Crippen LogP contribution < -0.4 is 5.73 Å². The first kappa shape index (κ1) is 18.9. The zero-order chi connectivity index (χ0) is 15.5. The van der Waals surface area contributed by atoms with Crippen LogP contribution in [-0.2, 0) is 0 Å². The lowest BCUT2D eigenvalue weighted by Crippen LogP contribution is -2.53. The van der Waals surface area contributed by atoms with Crippen LogP contribution in [0.15, 0.2) is 0 Å². The van der Waals surface area contributed by atoms with Crippen molar-refractivity contribution in [2.24, 2.45) is 5.73 Å². The average molecular weight is 314 g/mol. The van der Waals surface area contributed by atoms with Crippen molar-refractivity contribution in [2.45, 2.75) is 71.3 Å². The van der Waals surface area contributed by atoms with Crippen molar-refractivity contribution >= 4 is 17.2 Å². The summed E-state index contributed by atoms with van der Waals surface area (Å²) in [7, 11) is 0. The number of piperazine rings is 1. The highest BCUT2D eigenvalue weighted by molar-refractivity contribution is 7.80. The van der Waals surface area contributed by atoms with Gasteiger partial charge in [-0.3, -0.25) is 4.90 Å². The Labute approximate surface area is 137 Å². The fourth-order valence-electron chi connectivity index (χ4n) is 3.23. The summed E-state index contributed by atoms with van der Waals surface area (Å²) in [6.07, 6.45) is 10.8. The Kier molecular flexibility index (Phi) is 10.2. The Morgan fingerprint density at radius 1 is 0.952 bits per heavy atom. The molecule has 0 radical (unpaired) electrons. The van der Waals surface area contributed by atoms with Crippen molar-refractivity contribution < 1.29 is 0 Å². The summed E-state index contributed by atoms with van der Waals surface area (Å²) < 4.78 is 0. The quantitative estimate of drug-likeness (QED) is 0.468. The molecule has 1 rings (SSSR count). The summed E-state index contributed by atoms with van der Waals surface area (Å²) in [6.45, 7) is 10.3. The van der Waals surface area contributed by atoms with E-state index in [1.807, 2.05) is 0 Å². The summed E-state index contributed by atoms with van der Waals surface area (Å²) in [5, 5.41) is 0. The molecule has 0 amide bonds. The number of nitrogens with two attached hydrogens (primary N) is 1. The Balaban J connectivity index is 2.06. The molecule has 124 valence electrons. The van der Waals surface area contributed by atoms with Gasteiger partial charge in [0.15, 0.2) is 0 Å². The van der Waals surface area contributed by atoms with Crippen molar-refractivity contribution in [1.82, 2.24) is 9.80 Å². The Morgan fingerprint density at radius 2 is 1.52 bits per heavy atom. The molecule has 1 aliphatic rings. The highest BCUT2D eigenvalue weighted by Crippen LogP contribution is 2.12. The minimum atomic E-state index is 0.306. The lowest BCUT2D eigenvalue weighted by atomic mass is 10.1. The van der Waals surface area contributed by atoms with Gasteiger partial charge < -0.3 is 10.6 Å². The molecular weight excluding hydrogens is 278 g/mol. The van der Waals surface area contributed by atoms with Crippen molar-refractivity contribution in [3.8, 4) is 0 Å². The zero-order valence-corrected chi connectivity index (χ0v) is 15.0. The molecule has 0 aliphatic carbocycles. The predicted octanol–water partition coefficient (Wildman–Crippen LogP) is 3.42. The maximum Gasteiger partial charge on any atom is 0.0901 e. The largest absolute Gasteiger partial charge is 0.392 e. The topological polar surface area (TPSA) is 32.5 Å². The van der Waals surface area contributed by atoms with Gasteiger partial charge in [0.1, 0.15) is 0 Å². The lowest BCUT2D eigenvalue weighted by Gasteiger charge is -2.38. The van der Waals surface area contributed by atoms with E-state index in [1.165, 1.54) is 64.6 Å². The first-order chi connectivity index (χ1) is 10.2. The summed E-state index contributed by atoms with van der Waals surface area (Å²) >= 11 is 5.18. The molecule has 0 aromatic rings. The molecule has 1 heterocycles. The Morgan fingerprint density at radius 3 is 2.05 bits per heavy atom. The van der Waals surface area contributed by atoms with Gasteiger partial charge in [-0.25, -0.2) is 0 Å². The molecule has 21 heavy (non-hydrogen) atoms. The molecule has 2 N–H and O–H groups in total. The van der Waals surface area contributed by atoms with E-state index in [0.29, 0.717) is 11.0 Å². The Bertz CT molecular complexity index is 275. The van der Waals surface area contributed by atoms with Gasteiger partial charge in [0.25, 0.3) is 0 Å². The van der Waals surface area contributed by atoms with Crippen molar-refractivity contribution in [1.29, 1.82) is 0 Å². The van der Waals surface area contributed by atoms with Crippen LogP contribution in [-0.4, -0.2) is 53.6 Å². The maximum atomic E-state index is 5.84. The highest BCUT2D eigenvalue weighted by atomic mass is 32.1. The summed E-state index contributed by atoms with van der Waals surface area (Å²) in [4.78, 5) is 5.73. The van der Waals surface area contributed by atoms with Gasteiger partial charge in [-0.2, -0.15) is 0 Å². The Hall–Kier alpha value is -0.190. The van der Waals surface area contributed by atoms with Gasteiger partial charge in [-0.05, 0) is 19.4 Å². The van der Waals surface area contributed by atoms with Gasteiger partial charge >= 0.3 is 0 Å². The van der Waals surface area contributed by atoms with Crippen molar-refractivity contribution in [3.05, 3.63) is 0 Å². The van der Waals surface area contributed by atoms with Crippen LogP contribution >= 0.6 is 12.2 Å². The fraction of sp³-hybridized carbons (Fsp3) is 0.941. The molecule has 0 aromatic carbocycles. The third-order valence-electron chi connectivity index (χ3n) is 4.64. The molecule has 3 nitrogen and oxygen atoms in total. The minimum absolute atomic E-state index is 0.306. The second-order valence-electron chi connectivity index (χ2n) is 6.33. The molecule has 1 atom stereocenters. The molecule has 1 unspecified atom stereocenters. The second kappa shape index (κ2) is 11.4. The van der Waals surface area contributed by atoms with Crippen LogP contribution in [0.2, 0.25) is 0 Å². The van der Waals surface area contributed by atoms with Gasteiger partial charge in [0.05, 0.1) is 11.0 Å². The molecule has 1 fully saturated rings. The first-order valence-electron chi connectivity index (χ1n) is 8.94. The van der Waals surface area contributed by atoms with E-state index >= 15 is 0 Å². The fourth-order valence-corrected chi connectivity index (χ4v) is 3.55. The molecule has 0 bridgehead atoms. The van der Waals surface area contributed by atoms with Crippen LogP contribution in [0, 0.1) is 0 Å². The SMILES string of the molecule is CCCCCCCCCN1CCN(C(CC)C(N)=S)CC1. The average Bonchev–Trinajstić information content (AvgIpc) is 2.48. The van der Waals surface area contributed by atoms with E-state index in [1.54, 1.807) is 0 Å². The summed E-state index contributed by atoms with van der Waals surface area (Å²) in [5.74, 6) is 0. The monoisotopic (exact) mass is 313 g/mol. The van der Waals surface area contributed by atoms with Gasteiger partial charge in [-0.15, -0.1) is 0 Å². The van der Waals surface area contributed by atoms with Crippen LogP contribution in [0.1, 0.15) is 65.2 Å². The number of nitrogens with zero attached hydrogens (tertiary/aromatic N) is 2. The normalized spacial score (nSPS) is 18.8. The van der Waals surface area contributed by atoms with Crippen LogP contribution in [0.4, 0.5) is 0 Å². The predicted molar refractivity (Wildman–Crippen MR) is 96.9 cm³/mol. The van der Waals surface area contributed by atoms with Crippen LogP contribution in [0.3, 0.4) is 0 Å². The van der Waals surface area contributed by atoms with Gasteiger partial charge in [0.2, 0.25) is 0 Å². The summed E-state index contributed by atoms with van der Waals surface area (Å²) in [5.41, 5.74) is 5.84. The van der Waals surface area contributed by atoms with Crippen LogP contribution in [0.5, 0.6) is 0 Å². The van der Waals surface area contributed by atoms with Crippen molar-refractivity contribution in [2.75, 3.05) is 32.7 Å². The maximum absolute atomic E-state index is 5.84. The van der Waals surface area contributed by atoms with E-state index in [0.717, 1.165) is 19.5 Å². The third-order valence-corrected chi connectivity index (χ3v) is 4.91. The molecular formula is C17H35N3S. The zero-order valence-electron chi connectivity index (χ0n) is 14.1. The number of hydrogen-bond donors (Lipinski definition) is 1. The third kappa shape index (κ3) is 7.57. The molecule has 0 saturated carbocycles. The number of rotatable bonds is 11. The molecule has 0 aromatic heterocycles. The van der Waals surface area contributed by atoms with Crippen LogP contribution in [0.25, 0.3) is 0 Å². The first-order valence-corrected chi connectivity index (χ1v) is 9.35. The van der Waals surface area contributed by atoms with E-state index in [2.05, 4.69) is 23.6 Å². The standard InChI is InChI=1S/C17H35N3S/c1-3-5-6-7-8-9-10-11-19-12-14-20(15-13-19)16(4-2)17(18)21/h16H,3-15H2,1-2H3,(H2,18,21). The smallest absolute Gasteiger partial charge is 0.0901 e. The van der Waals surface area contributed by atoms with E-state index in [9.17, 15) is 0 Å². The van der Waals surface area contributed by atoms with Gasteiger partial charge in [0, 0.05) is 26.2 Å². The molecule has 1 aliphatic heterocycles. The minimum Gasteiger partial charge on any atom is -0.392 e. The number of thiocarbonyl (C=S) groups is 1. The van der Waals surface area contributed by atoms with E-state index < -0.39 is 0 Å². The molecule has 0 spiro atoms. The van der Waals surface area contributed by atoms with E-state index in [4.69, 9.17) is 18.0 Å². The van der Waals surface area contributed by atoms with Crippen molar-refractivity contribution in [3.63, 3.8) is 0 Å². The summed E-state index contributed by atoms with van der Waals surface area (Å²) in [6, 6.07) is 0.306. The number of hydrogen-bond acceptors (Lipinski definition) is 3. The van der Waals surface area contributed by atoms with E-state index in [-0.39, 0.29) is 0 Å². The number of unbranched alkanes of at least 4 members (excludes halogenated alkanes) is 6. The molecule has 1 saturated heterocycles. The lowest BCUT2D eigenvalue weighted by molar-refractivity contribution is 0.115. The highest BCUT2D eigenvalue weighted by Gasteiger charge is 2.23. The second-order valence-corrected chi connectivity index (χ2v) is 6.80.